The molecule has 0 spiro atoms. The zero-order valence-electron chi connectivity index (χ0n) is 11.0. The van der Waals surface area contributed by atoms with E-state index >= 15 is 0 Å². The summed E-state index contributed by atoms with van der Waals surface area (Å²) in [6, 6.07) is 4.75. The van der Waals surface area contributed by atoms with Gasteiger partial charge in [-0.05, 0) is 30.5 Å². The molecule has 3 nitrogen and oxygen atoms in total. The number of hydrogen-bond acceptors (Lipinski definition) is 3. The lowest BCUT2D eigenvalue weighted by atomic mass is 9.90. The third-order valence-corrected chi connectivity index (χ3v) is 4.18. The fourth-order valence-electron chi connectivity index (χ4n) is 3.33. The van der Waals surface area contributed by atoms with Crippen LogP contribution in [0.4, 0.5) is 4.39 Å². The molecule has 1 aromatic rings. The predicted octanol–water partition coefficient (Wildman–Crippen LogP) is 2.67. The van der Waals surface area contributed by atoms with E-state index in [9.17, 15) is 9.50 Å². The summed E-state index contributed by atoms with van der Waals surface area (Å²) in [6.07, 6.45) is 5.12. The number of nitrogens with zero attached hydrogens (tertiary/aromatic N) is 1. The van der Waals surface area contributed by atoms with Crippen LogP contribution in [0, 0.1) is 5.82 Å². The molecule has 1 aromatic carbocycles. The summed E-state index contributed by atoms with van der Waals surface area (Å²) >= 11 is 0. The van der Waals surface area contributed by atoms with E-state index in [0.29, 0.717) is 18.7 Å². The first-order chi connectivity index (χ1) is 9.22. The van der Waals surface area contributed by atoms with Crippen LogP contribution in [0.1, 0.15) is 31.2 Å². The lowest BCUT2D eigenvalue weighted by Crippen LogP contribution is -2.52. The van der Waals surface area contributed by atoms with Crippen molar-refractivity contribution in [3.63, 3.8) is 0 Å². The average molecular weight is 265 g/mol. The second-order valence-electron chi connectivity index (χ2n) is 5.55. The Bertz CT molecular complexity index is 430. The van der Waals surface area contributed by atoms with Gasteiger partial charge in [-0.15, -0.1) is 0 Å². The summed E-state index contributed by atoms with van der Waals surface area (Å²) in [5, 5.41) is 9.47. The molecule has 1 saturated carbocycles. The van der Waals surface area contributed by atoms with Crippen molar-refractivity contribution >= 4 is 0 Å². The van der Waals surface area contributed by atoms with E-state index in [1.807, 2.05) is 0 Å². The minimum atomic E-state index is -0.372. The maximum Gasteiger partial charge on any atom is 0.127 e. The lowest BCUT2D eigenvalue weighted by Gasteiger charge is -2.43. The van der Waals surface area contributed by atoms with E-state index in [2.05, 4.69) is 4.90 Å². The molecule has 0 aromatic heterocycles. The van der Waals surface area contributed by atoms with Crippen LogP contribution in [0.5, 0.6) is 5.75 Å². The van der Waals surface area contributed by atoms with Crippen LogP contribution in [0.3, 0.4) is 0 Å². The van der Waals surface area contributed by atoms with E-state index in [1.54, 1.807) is 6.07 Å². The van der Waals surface area contributed by atoms with Crippen LogP contribution in [-0.2, 0) is 11.3 Å². The Labute approximate surface area is 113 Å². The van der Waals surface area contributed by atoms with Crippen LogP contribution in [0.2, 0.25) is 0 Å². The second kappa shape index (κ2) is 5.47. The molecule has 1 saturated heterocycles. The van der Waals surface area contributed by atoms with E-state index < -0.39 is 0 Å². The number of ether oxygens (including phenoxy) is 1. The molecule has 2 atom stereocenters. The van der Waals surface area contributed by atoms with Gasteiger partial charge in [0.25, 0.3) is 0 Å². The molecule has 1 heterocycles. The highest BCUT2D eigenvalue weighted by Crippen LogP contribution is 2.29. The number of halogens is 1. The molecule has 2 unspecified atom stereocenters. The van der Waals surface area contributed by atoms with E-state index in [-0.39, 0.29) is 11.6 Å². The van der Waals surface area contributed by atoms with Gasteiger partial charge in [-0.25, -0.2) is 4.39 Å². The van der Waals surface area contributed by atoms with Gasteiger partial charge in [0.05, 0.1) is 12.7 Å². The van der Waals surface area contributed by atoms with Gasteiger partial charge >= 0.3 is 0 Å². The minimum absolute atomic E-state index is 0.00320. The van der Waals surface area contributed by atoms with Gasteiger partial charge in [0.1, 0.15) is 11.6 Å². The summed E-state index contributed by atoms with van der Waals surface area (Å²) in [6.45, 7) is 2.33. The first kappa shape index (κ1) is 12.9. The van der Waals surface area contributed by atoms with Crippen molar-refractivity contribution in [2.45, 2.75) is 44.4 Å². The Morgan fingerprint density at radius 2 is 2.11 bits per heavy atom. The number of morpholine rings is 1. The van der Waals surface area contributed by atoms with Gasteiger partial charge in [0.2, 0.25) is 0 Å². The highest BCUT2D eigenvalue weighted by molar-refractivity contribution is 5.28. The second-order valence-corrected chi connectivity index (χ2v) is 5.55. The van der Waals surface area contributed by atoms with Crippen molar-refractivity contribution < 1.29 is 14.2 Å². The molecule has 19 heavy (non-hydrogen) atoms. The van der Waals surface area contributed by atoms with Gasteiger partial charge in [0, 0.05) is 25.2 Å². The van der Waals surface area contributed by atoms with Crippen molar-refractivity contribution in [2.75, 3.05) is 13.2 Å². The van der Waals surface area contributed by atoms with Crippen molar-refractivity contribution in [3.05, 3.63) is 29.6 Å². The van der Waals surface area contributed by atoms with Gasteiger partial charge < -0.3 is 9.84 Å². The monoisotopic (exact) mass is 265 g/mol. The Kier molecular flexibility index (Phi) is 3.71. The molecule has 1 aliphatic carbocycles. The number of phenolic OH excluding ortho intramolecular Hbond substituents is 1. The number of aromatic hydroxyl groups is 1. The molecule has 0 radical (unpaired) electrons. The van der Waals surface area contributed by atoms with Gasteiger partial charge in [-0.2, -0.15) is 0 Å². The van der Waals surface area contributed by atoms with Crippen LogP contribution < -0.4 is 0 Å². The Hall–Kier alpha value is -1.13. The standard InChI is InChI=1S/C15H20FNO2/c16-12-7-11(8-13(18)9-12)10-17-5-6-19-15-4-2-1-3-14(15)17/h7-9,14-15,18H,1-6,10H2. The number of fused-ring (bicyclic) bond motifs is 1. The third-order valence-electron chi connectivity index (χ3n) is 4.18. The van der Waals surface area contributed by atoms with Crippen molar-refractivity contribution in [2.24, 2.45) is 0 Å². The fourth-order valence-corrected chi connectivity index (χ4v) is 3.33. The third kappa shape index (κ3) is 2.90. The lowest BCUT2D eigenvalue weighted by molar-refractivity contribution is -0.0911. The normalized spacial score (nSPS) is 28.1. The van der Waals surface area contributed by atoms with Crippen LogP contribution in [-0.4, -0.2) is 35.3 Å². The van der Waals surface area contributed by atoms with E-state index in [1.165, 1.54) is 18.9 Å². The van der Waals surface area contributed by atoms with Crippen LogP contribution in [0.25, 0.3) is 0 Å². The molecule has 3 rings (SSSR count). The molecule has 2 aliphatic rings. The number of benzene rings is 1. The number of hydrogen-bond donors (Lipinski definition) is 1. The zero-order chi connectivity index (χ0) is 13.2. The SMILES string of the molecule is Oc1cc(F)cc(CN2CCOC3CCCCC32)c1. The first-order valence-electron chi connectivity index (χ1n) is 7.06. The van der Waals surface area contributed by atoms with Crippen molar-refractivity contribution in [3.8, 4) is 5.75 Å². The number of rotatable bonds is 2. The number of phenols is 1. The smallest absolute Gasteiger partial charge is 0.127 e. The van der Waals surface area contributed by atoms with Crippen molar-refractivity contribution in [1.82, 2.24) is 4.90 Å². The fraction of sp³-hybridized carbons (Fsp3) is 0.600. The highest BCUT2D eigenvalue weighted by atomic mass is 19.1. The summed E-state index contributed by atoms with van der Waals surface area (Å²) in [7, 11) is 0. The molecule has 0 amide bonds. The predicted molar refractivity (Wildman–Crippen MR) is 70.5 cm³/mol. The summed E-state index contributed by atoms with van der Waals surface area (Å²) in [4.78, 5) is 2.38. The summed E-state index contributed by atoms with van der Waals surface area (Å²) in [5.74, 6) is -0.369. The maximum atomic E-state index is 13.3. The Balaban J connectivity index is 1.74. The van der Waals surface area contributed by atoms with Crippen molar-refractivity contribution in [1.29, 1.82) is 0 Å². The molecule has 4 heteroatoms. The highest BCUT2D eigenvalue weighted by Gasteiger charge is 2.33. The molecule has 0 bridgehead atoms. The molecule has 104 valence electrons. The van der Waals surface area contributed by atoms with E-state index in [4.69, 9.17) is 4.74 Å². The summed E-state index contributed by atoms with van der Waals surface area (Å²) in [5.41, 5.74) is 0.837. The van der Waals surface area contributed by atoms with Crippen LogP contribution in [0.15, 0.2) is 18.2 Å². The zero-order valence-corrected chi connectivity index (χ0v) is 11.0. The van der Waals surface area contributed by atoms with Gasteiger partial charge in [-0.3, -0.25) is 4.90 Å². The van der Waals surface area contributed by atoms with Gasteiger partial charge in [-0.1, -0.05) is 12.8 Å². The molecular formula is C15H20FNO2. The summed E-state index contributed by atoms with van der Waals surface area (Å²) < 4.78 is 19.1. The van der Waals surface area contributed by atoms with E-state index in [0.717, 1.165) is 37.6 Å². The molecular weight excluding hydrogens is 245 g/mol. The molecule has 1 N–H and O–H groups in total. The quantitative estimate of drug-likeness (QED) is 0.892. The molecule has 2 fully saturated rings. The average Bonchev–Trinajstić information content (AvgIpc) is 2.38. The molecule has 1 aliphatic heterocycles. The topological polar surface area (TPSA) is 32.7 Å². The Morgan fingerprint density at radius 3 is 2.95 bits per heavy atom. The van der Waals surface area contributed by atoms with Crippen LogP contribution >= 0.6 is 0 Å². The Morgan fingerprint density at radius 1 is 1.26 bits per heavy atom. The largest absolute Gasteiger partial charge is 0.508 e. The first-order valence-corrected chi connectivity index (χ1v) is 7.06. The minimum Gasteiger partial charge on any atom is -0.508 e. The van der Waals surface area contributed by atoms with Gasteiger partial charge in [0.15, 0.2) is 0 Å². The maximum absolute atomic E-state index is 13.3.